The summed E-state index contributed by atoms with van der Waals surface area (Å²) in [4.78, 5) is 11.0. The molecule has 1 rings (SSSR count). The molecule has 2 nitrogen and oxygen atoms in total. The zero-order valence-electron chi connectivity index (χ0n) is 10.1. The summed E-state index contributed by atoms with van der Waals surface area (Å²) >= 11 is 0. The van der Waals surface area contributed by atoms with Crippen LogP contribution in [0, 0.1) is 5.41 Å². The van der Waals surface area contributed by atoms with Crippen molar-refractivity contribution in [2.75, 3.05) is 7.11 Å². The van der Waals surface area contributed by atoms with Crippen molar-refractivity contribution in [3.8, 4) is 0 Å². The van der Waals surface area contributed by atoms with Crippen molar-refractivity contribution >= 4 is 5.78 Å². The smallest absolute Gasteiger partial charge is 0.129 e. The molecular weight excluding hydrogens is 188 g/mol. The van der Waals surface area contributed by atoms with E-state index in [0.29, 0.717) is 12.2 Å². The summed E-state index contributed by atoms with van der Waals surface area (Å²) in [5.41, 5.74) is 1.58. The molecule has 0 saturated heterocycles. The first-order valence-electron chi connectivity index (χ1n) is 5.80. The van der Waals surface area contributed by atoms with Crippen LogP contribution >= 0.6 is 0 Å². The highest BCUT2D eigenvalue weighted by Crippen LogP contribution is 2.43. The lowest BCUT2D eigenvalue weighted by Crippen LogP contribution is -2.24. The molecule has 0 aliphatic heterocycles. The summed E-state index contributed by atoms with van der Waals surface area (Å²) in [5, 5.41) is 0. The molecule has 15 heavy (non-hydrogen) atoms. The maximum atomic E-state index is 11.0. The van der Waals surface area contributed by atoms with Gasteiger partial charge in [0.1, 0.15) is 5.78 Å². The molecule has 0 aromatic carbocycles. The maximum absolute atomic E-state index is 11.0. The minimum atomic E-state index is 0.194. The molecule has 1 aliphatic rings. The first-order chi connectivity index (χ1) is 7.08. The monoisotopic (exact) mass is 210 g/mol. The maximum Gasteiger partial charge on any atom is 0.129 e. The van der Waals surface area contributed by atoms with Crippen molar-refractivity contribution in [2.45, 2.75) is 52.4 Å². The number of Topliss-reactive ketones (excluding diaryl/α,β-unsaturated/α-hetero) is 1. The lowest BCUT2D eigenvalue weighted by atomic mass is 9.69. The van der Waals surface area contributed by atoms with Crippen molar-refractivity contribution in [1.82, 2.24) is 0 Å². The second-order valence-electron chi connectivity index (χ2n) is 4.85. The third kappa shape index (κ3) is 3.37. The summed E-state index contributed by atoms with van der Waals surface area (Å²) < 4.78 is 5.14. The van der Waals surface area contributed by atoms with Gasteiger partial charge in [0.15, 0.2) is 0 Å². The van der Waals surface area contributed by atoms with Gasteiger partial charge in [0.25, 0.3) is 0 Å². The van der Waals surface area contributed by atoms with Gasteiger partial charge >= 0.3 is 0 Å². The number of rotatable bonds is 4. The van der Waals surface area contributed by atoms with Crippen LogP contribution in [0.1, 0.15) is 52.4 Å². The number of carbonyl (C=O) groups is 1. The third-order valence-corrected chi connectivity index (χ3v) is 3.49. The van der Waals surface area contributed by atoms with Crippen LogP contribution in [0.4, 0.5) is 0 Å². The molecule has 0 spiro atoms. The number of hydrogen-bond acceptors (Lipinski definition) is 2. The van der Waals surface area contributed by atoms with Crippen LogP contribution in [0.5, 0.6) is 0 Å². The first-order valence-corrected chi connectivity index (χ1v) is 5.80. The summed E-state index contributed by atoms with van der Waals surface area (Å²) in [6.07, 6.45) is 8.40. The molecule has 0 radical (unpaired) electrons. The van der Waals surface area contributed by atoms with Crippen LogP contribution < -0.4 is 0 Å². The molecule has 0 unspecified atom stereocenters. The van der Waals surface area contributed by atoms with E-state index in [9.17, 15) is 4.79 Å². The average molecular weight is 210 g/mol. The molecular formula is C13H22O2. The Kier molecular flexibility index (Phi) is 4.37. The highest BCUT2D eigenvalue weighted by atomic mass is 16.5. The van der Waals surface area contributed by atoms with Crippen molar-refractivity contribution in [3.63, 3.8) is 0 Å². The fourth-order valence-electron chi connectivity index (χ4n) is 2.37. The van der Waals surface area contributed by atoms with Crippen LogP contribution in [0.3, 0.4) is 0 Å². The molecule has 2 heteroatoms. The van der Waals surface area contributed by atoms with E-state index in [-0.39, 0.29) is 5.41 Å². The Morgan fingerprint density at radius 2 is 2.27 bits per heavy atom. The number of allylic oxidation sites excluding steroid dienone is 1. The minimum absolute atomic E-state index is 0.194. The van der Waals surface area contributed by atoms with E-state index < -0.39 is 0 Å². The zero-order chi connectivity index (χ0) is 11.3. The Labute approximate surface area is 92.7 Å². The first kappa shape index (κ1) is 12.3. The predicted molar refractivity (Wildman–Crippen MR) is 61.6 cm³/mol. The second kappa shape index (κ2) is 5.34. The molecule has 86 valence electrons. The SMILES string of the molecule is CO/C=C1\CCCC[C@]1(C)CCC(C)=O. The van der Waals surface area contributed by atoms with E-state index in [4.69, 9.17) is 4.74 Å². The Bertz CT molecular complexity index is 255. The number of hydrogen-bond donors (Lipinski definition) is 0. The molecule has 0 heterocycles. The van der Waals surface area contributed by atoms with Gasteiger partial charge in [-0.1, -0.05) is 13.3 Å². The van der Waals surface area contributed by atoms with Gasteiger partial charge in [0, 0.05) is 6.42 Å². The predicted octanol–water partition coefficient (Wildman–Crippen LogP) is 3.47. The van der Waals surface area contributed by atoms with Crippen LogP contribution in [0.15, 0.2) is 11.8 Å². The minimum Gasteiger partial charge on any atom is -0.504 e. The van der Waals surface area contributed by atoms with E-state index in [1.807, 2.05) is 6.26 Å². The quantitative estimate of drug-likeness (QED) is 0.664. The van der Waals surface area contributed by atoms with Crippen LogP contribution in [-0.2, 0) is 9.53 Å². The normalized spacial score (nSPS) is 29.1. The van der Waals surface area contributed by atoms with Gasteiger partial charge < -0.3 is 9.53 Å². The van der Waals surface area contributed by atoms with Crippen LogP contribution in [-0.4, -0.2) is 12.9 Å². The summed E-state index contributed by atoms with van der Waals surface area (Å²) in [5.74, 6) is 0.290. The molecule has 1 aliphatic carbocycles. The molecule has 0 bridgehead atoms. The highest BCUT2D eigenvalue weighted by Gasteiger charge is 2.31. The zero-order valence-corrected chi connectivity index (χ0v) is 10.1. The van der Waals surface area contributed by atoms with Crippen LogP contribution in [0.25, 0.3) is 0 Å². The fourth-order valence-corrected chi connectivity index (χ4v) is 2.37. The van der Waals surface area contributed by atoms with Crippen molar-refractivity contribution in [1.29, 1.82) is 0 Å². The van der Waals surface area contributed by atoms with E-state index >= 15 is 0 Å². The number of ether oxygens (including phenoxy) is 1. The number of methoxy groups -OCH3 is 1. The molecule has 1 fully saturated rings. The van der Waals surface area contributed by atoms with E-state index in [0.717, 1.165) is 12.8 Å². The van der Waals surface area contributed by atoms with Gasteiger partial charge in [-0.15, -0.1) is 0 Å². The number of ketones is 1. The van der Waals surface area contributed by atoms with Gasteiger partial charge in [-0.05, 0) is 43.6 Å². The number of carbonyl (C=O) groups excluding carboxylic acids is 1. The Morgan fingerprint density at radius 3 is 2.87 bits per heavy atom. The van der Waals surface area contributed by atoms with Gasteiger partial charge in [0.05, 0.1) is 13.4 Å². The average Bonchev–Trinajstić information content (AvgIpc) is 2.19. The van der Waals surface area contributed by atoms with E-state index in [1.165, 1.54) is 24.8 Å². The van der Waals surface area contributed by atoms with Crippen molar-refractivity contribution in [2.24, 2.45) is 5.41 Å². The lowest BCUT2D eigenvalue weighted by molar-refractivity contribution is -0.117. The Balaban J connectivity index is 2.67. The standard InChI is InChI=1S/C13H22O2/c1-11(14)7-9-13(2)8-5-4-6-12(13)10-15-3/h10H,4-9H2,1-3H3/b12-10+/t13-/m1/s1. The summed E-state index contributed by atoms with van der Waals surface area (Å²) in [6.45, 7) is 3.94. The highest BCUT2D eigenvalue weighted by molar-refractivity contribution is 5.75. The van der Waals surface area contributed by atoms with Crippen LogP contribution in [0.2, 0.25) is 0 Å². The fraction of sp³-hybridized carbons (Fsp3) is 0.769. The van der Waals surface area contributed by atoms with Gasteiger partial charge in [-0.25, -0.2) is 0 Å². The van der Waals surface area contributed by atoms with E-state index in [1.54, 1.807) is 14.0 Å². The van der Waals surface area contributed by atoms with Gasteiger partial charge in [0.2, 0.25) is 0 Å². The van der Waals surface area contributed by atoms with Crippen molar-refractivity contribution < 1.29 is 9.53 Å². The lowest BCUT2D eigenvalue weighted by Gasteiger charge is -2.36. The second-order valence-corrected chi connectivity index (χ2v) is 4.85. The summed E-state index contributed by atoms with van der Waals surface area (Å²) in [6, 6.07) is 0. The summed E-state index contributed by atoms with van der Waals surface area (Å²) in [7, 11) is 1.70. The molecule has 0 aromatic heterocycles. The van der Waals surface area contributed by atoms with Gasteiger partial charge in [-0.3, -0.25) is 0 Å². The molecule has 0 amide bonds. The molecule has 1 saturated carbocycles. The van der Waals surface area contributed by atoms with Crippen molar-refractivity contribution in [3.05, 3.63) is 11.8 Å². The Hall–Kier alpha value is -0.790. The topological polar surface area (TPSA) is 26.3 Å². The Morgan fingerprint density at radius 1 is 1.53 bits per heavy atom. The van der Waals surface area contributed by atoms with E-state index in [2.05, 4.69) is 6.92 Å². The molecule has 0 N–H and O–H groups in total. The van der Waals surface area contributed by atoms with Gasteiger partial charge in [-0.2, -0.15) is 0 Å². The third-order valence-electron chi connectivity index (χ3n) is 3.49. The molecule has 0 aromatic rings. The largest absolute Gasteiger partial charge is 0.504 e. The molecule has 1 atom stereocenters.